The monoisotopic (exact) mass is 296 g/mol. The highest BCUT2D eigenvalue weighted by atomic mass is 79.9. The number of primary amides is 1. The molecule has 0 atom stereocenters. The number of amides is 2. The van der Waals surface area contributed by atoms with Crippen LogP contribution in [-0.2, 0) is 0 Å². The Hall–Kier alpha value is -1.36. The minimum absolute atomic E-state index is 0.107. The summed E-state index contributed by atoms with van der Waals surface area (Å²) in [6.45, 7) is 0.628. The Kier molecular flexibility index (Phi) is 3.19. The van der Waals surface area contributed by atoms with Gasteiger partial charge in [-0.3, -0.25) is 9.59 Å². The molecule has 1 aliphatic rings. The highest BCUT2D eigenvalue weighted by Gasteiger charge is 2.39. The van der Waals surface area contributed by atoms with Gasteiger partial charge in [0, 0.05) is 22.0 Å². The minimum atomic E-state index is -0.491. The van der Waals surface area contributed by atoms with Crippen molar-refractivity contribution in [3.05, 3.63) is 35.4 Å². The van der Waals surface area contributed by atoms with Crippen LogP contribution in [-0.4, -0.2) is 22.7 Å². The molecular weight excluding hydrogens is 284 g/mol. The number of rotatable bonds is 4. The fourth-order valence-electron chi connectivity index (χ4n) is 1.44. The number of nitrogens with one attached hydrogen (secondary N) is 1. The van der Waals surface area contributed by atoms with Gasteiger partial charge in [-0.2, -0.15) is 0 Å². The number of carbonyl (C=O) groups is 2. The van der Waals surface area contributed by atoms with Gasteiger partial charge in [0.1, 0.15) is 0 Å². The molecule has 1 aliphatic carbocycles. The van der Waals surface area contributed by atoms with Crippen LogP contribution in [0, 0.1) is 0 Å². The average Bonchev–Trinajstić information content (AvgIpc) is 3.05. The van der Waals surface area contributed by atoms with Crippen molar-refractivity contribution in [2.45, 2.75) is 17.2 Å². The van der Waals surface area contributed by atoms with Crippen molar-refractivity contribution < 1.29 is 9.59 Å². The summed E-state index contributed by atoms with van der Waals surface area (Å²) in [7, 11) is 0. The number of halogens is 1. The lowest BCUT2D eigenvalue weighted by atomic mass is 10.1. The van der Waals surface area contributed by atoms with Crippen molar-refractivity contribution in [1.29, 1.82) is 0 Å². The van der Waals surface area contributed by atoms with Gasteiger partial charge in [-0.25, -0.2) is 0 Å². The summed E-state index contributed by atoms with van der Waals surface area (Å²) in [6, 6.07) is 6.31. The minimum Gasteiger partial charge on any atom is -0.366 e. The Morgan fingerprint density at radius 2 is 1.76 bits per heavy atom. The number of hydrogen-bond acceptors (Lipinski definition) is 2. The molecule has 0 saturated heterocycles. The van der Waals surface area contributed by atoms with E-state index in [4.69, 9.17) is 5.73 Å². The van der Waals surface area contributed by atoms with Gasteiger partial charge in [-0.15, -0.1) is 0 Å². The van der Waals surface area contributed by atoms with E-state index in [0.29, 0.717) is 17.7 Å². The summed E-state index contributed by atoms with van der Waals surface area (Å²) in [6.07, 6.45) is 2.18. The number of alkyl halides is 1. The maximum absolute atomic E-state index is 11.8. The van der Waals surface area contributed by atoms with Gasteiger partial charge in [-0.1, -0.05) is 15.9 Å². The molecule has 17 heavy (non-hydrogen) atoms. The van der Waals surface area contributed by atoms with E-state index in [1.54, 1.807) is 24.3 Å². The standard InChI is InChI=1S/C12H13BrN2O2/c13-12(5-6-12)7-15-11(17)9-3-1-8(2-4-9)10(14)16/h1-4H,5-7H2,(H2,14,16)(H,15,17). The van der Waals surface area contributed by atoms with Gasteiger partial charge in [0.05, 0.1) is 0 Å². The predicted octanol–water partition coefficient (Wildman–Crippen LogP) is 1.44. The van der Waals surface area contributed by atoms with Gasteiger partial charge < -0.3 is 11.1 Å². The molecule has 0 heterocycles. The van der Waals surface area contributed by atoms with Crippen LogP contribution < -0.4 is 11.1 Å². The van der Waals surface area contributed by atoms with E-state index in [2.05, 4.69) is 21.2 Å². The first-order valence-corrected chi connectivity index (χ1v) is 6.16. The second kappa shape index (κ2) is 4.49. The molecule has 0 aliphatic heterocycles. The molecule has 1 aromatic carbocycles. The molecule has 2 rings (SSSR count). The smallest absolute Gasteiger partial charge is 0.251 e. The molecule has 1 aromatic rings. The summed E-state index contributed by atoms with van der Waals surface area (Å²) >= 11 is 3.55. The van der Waals surface area contributed by atoms with Crippen molar-refractivity contribution in [3.8, 4) is 0 Å². The summed E-state index contributed by atoms with van der Waals surface area (Å²) in [4.78, 5) is 22.6. The third-order valence-corrected chi connectivity index (χ3v) is 3.86. The third-order valence-electron chi connectivity index (χ3n) is 2.79. The molecule has 0 radical (unpaired) electrons. The number of nitrogens with two attached hydrogens (primary N) is 1. The fourth-order valence-corrected chi connectivity index (χ4v) is 1.78. The van der Waals surface area contributed by atoms with E-state index in [-0.39, 0.29) is 10.2 Å². The second-order valence-corrected chi connectivity index (χ2v) is 5.96. The Balaban J connectivity index is 1.96. The van der Waals surface area contributed by atoms with E-state index in [9.17, 15) is 9.59 Å². The van der Waals surface area contributed by atoms with E-state index in [1.807, 2.05) is 0 Å². The molecule has 3 N–H and O–H groups in total. The average molecular weight is 297 g/mol. The molecule has 2 amide bonds. The largest absolute Gasteiger partial charge is 0.366 e. The first-order valence-electron chi connectivity index (χ1n) is 5.37. The van der Waals surface area contributed by atoms with Gasteiger partial charge in [0.2, 0.25) is 5.91 Å². The van der Waals surface area contributed by atoms with Crippen LogP contribution in [0.15, 0.2) is 24.3 Å². The molecule has 0 aromatic heterocycles. The zero-order chi connectivity index (χ0) is 12.5. The fraction of sp³-hybridized carbons (Fsp3) is 0.333. The summed E-state index contributed by atoms with van der Waals surface area (Å²) in [5, 5.41) is 2.85. The van der Waals surface area contributed by atoms with E-state index >= 15 is 0 Å². The van der Waals surface area contributed by atoms with Crippen LogP contribution in [0.25, 0.3) is 0 Å². The van der Waals surface area contributed by atoms with E-state index < -0.39 is 5.91 Å². The van der Waals surface area contributed by atoms with Crippen molar-refractivity contribution in [1.82, 2.24) is 5.32 Å². The molecule has 0 bridgehead atoms. The molecule has 90 valence electrons. The molecule has 4 nitrogen and oxygen atoms in total. The van der Waals surface area contributed by atoms with Gasteiger partial charge in [-0.05, 0) is 37.1 Å². The Bertz CT molecular complexity index is 452. The van der Waals surface area contributed by atoms with E-state index in [0.717, 1.165) is 12.8 Å². The number of hydrogen-bond donors (Lipinski definition) is 2. The summed E-state index contributed by atoms with van der Waals surface area (Å²) in [5.74, 6) is -0.624. The summed E-state index contributed by atoms with van der Waals surface area (Å²) < 4.78 is 0.107. The lowest BCUT2D eigenvalue weighted by molar-refractivity contribution is 0.0950. The van der Waals surface area contributed by atoms with Crippen molar-refractivity contribution in [2.24, 2.45) is 5.73 Å². The molecular formula is C12H13BrN2O2. The Labute approximate surface area is 108 Å². The SMILES string of the molecule is NC(=O)c1ccc(C(=O)NCC2(Br)CC2)cc1. The number of benzene rings is 1. The molecule has 0 spiro atoms. The van der Waals surface area contributed by atoms with Crippen LogP contribution in [0.2, 0.25) is 0 Å². The molecule has 1 saturated carbocycles. The van der Waals surface area contributed by atoms with Crippen LogP contribution in [0.4, 0.5) is 0 Å². The molecule has 5 heteroatoms. The predicted molar refractivity (Wildman–Crippen MR) is 68.2 cm³/mol. The van der Waals surface area contributed by atoms with Crippen molar-refractivity contribution in [2.75, 3.05) is 6.54 Å². The quantitative estimate of drug-likeness (QED) is 0.825. The highest BCUT2D eigenvalue weighted by molar-refractivity contribution is 9.10. The van der Waals surface area contributed by atoms with E-state index in [1.165, 1.54) is 0 Å². The number of carbonyl (C=O) groups excluding carboxylic acids is 2. The van der Waals surface area contributed by atoms with Crippen LogP contribution in [0.3, 0.4) is 0 Å². The van der Waals surface area contributed by atoms with Crippen LogP contribution in [0.1, 0.15) is 33.6 Å². The van der Waals surface area contributed by atoms with Crippen molar-refractivity contribution in [3.63, 3.8) is 0 Å². The lowest BCUT2D eigenvalue weighted by Gasteiger charge is -2.08. The first-order chi connectivity index (χ1) is 8.00. The summed E-state index contributed by atoms with van der Waals surface area (Å²) in [5.41, 5.74) is 6.06. The lowest BCUT2D eigenvalue weighted by Crippen LogP contribution is -2.30. The topological polar surface area (TPSA) is 72.2 Å². The normalized spacial score (nSPS) is 16.3. The van der Waals surface area contributed by atoms with Crippen LogP contribution >= 0.6 is 15.9 Å². The second-order valence-electron chi connectivity index (χ2n) is 4.28. The Morgan fingerprint density at radius 3 is 2.24 bits per heavy atom. The van der Waals surface area contributed by atoms with Crippen molar-refractivity contribution >= 4 is 27.7 Å². The highest BCUT2D eigenvalue weighted by Crippen LogP contribution is 2.43. The third kappa shape index (κ3) is 3.06. The molecule has 1 fully saturated rings. The maximum Gasteiger partial charge on any atom is 0.251 e. The molecule has 0 unspecified atom stereocenters. The zero-order valence-corrected chi connectivity index (χ0v) is 10.8. The van der Waals surface area contributed by atoms with Gasteiger partial charge in [0.25, 0.3) is 5.91 Å². The van der Waals surface area contributed by atoms with Gasteiger partial charge in [0.15, 0.2) is 0 Å². The maximum atomic E-state index is 11.8. The zero-order valence-electron chi connectivity index (χ0n) is 9.20. The Morgan fingerprint density at radius 1 is 1.24 bits per heavy atom. The van der Waals surface area contributed by atoms with Crippen LogP contribution in [0.5, 0.6) is 0 Å². The van der Waals surface area contributed by atoms with Gasteiger partial charge >= 0.3 is 0 Å². The first kappa shape index (κ1) is 12.1.